The molecule has 2 aliphatic rings. The van der Waals surface area contributed by atoms with E-state index in [0.717, 1.165) is 12.3 Å². The Hall–Kier alpha value is -0.480. The lowest BCUT2D eigenvalue weighted by atomic mass is 9.99. The van der Waals surface area contributed by atoms with E-state index in [1.165, 1.54) is 32.1 Å². The van der Waals surface area contributed by atoms with Crippen LogP contribution in [0.3, 0.4) is 0 Å². The number of thioether (sulfide) groups is 1. The van der Waals surface area contributed by atoms with Gasteiger partial charge < -0.3 is 4.74 Å². The van der Waals surface area contributed by atoms with Gasteiger partial charge in [0.2, 0.25) is 0 Å². The molecule has 1 aliphatic heterocycles. The molecule has 96 valence electrons. The first-order valence-corrected chi connectivity index (χ1v) is 7.53. The van der Waals surface area contributed by atoms with Gasteiger partial charge in [0.15, 0.2) is 0 Å². The van der Waals surface area contributed by atoms with Crippen LogP contribution in [-0.4, -0.2) is 48.1 Å². The molecule has 0 bridgehead atoms. The third-order valence-corrected chi connectivity index (χ3v) is 4.65. The lowest BCUT2D eigenvalue weighted by Crippen LogP contribution is -2.49. The number of ether oxygens (including phenoxy) is 1. The van der Waals surface area contributed by atoms with Crippen LogP contribution in [0, 0.1) is 0 Å². The van der Waals surface area contributed by atoms with Gasteiger partial charge in [-0.05, 0) is 19.3 Å². The first-order valence-electron chi connectivity index (χ1n) is 6.38. The fourth-order valence-electron chi connectivity index (χ4n) is 2.63. The molecule has 0 aromatic rings. The minimum atomic E-state index is -0.0812. The van der Waals surface area contributed by atoms with E-state index in [1.807, 2.05) is 11.8 Å². The van der Waals surface area contributed by atoms with E-state index < -0.39 is 0 Å². The summed E-state index contributed by atoms with van der Waals surface area (Å²) in [6.45, 7) is 1.10. The maximum Gasteiger partial charge on any atom is 0.307 e. The number of hydrogen-bond acceptors (Lipinski definition) is 4. The average molecular weight is 255 g/mol. The summed E-state index contributed by atoms with van der Waals surface area (Å²) in [7, 11) is 1.48. The van der Waals surface area contributed by atoms with E-state index in [-0.39, 0.29) is 5.97 Å². The number of rotatable bonds is 3. The molecule has 1 heterocycles. The zero-order valence-corrected chi connectivity index (χ0v) is 11.2. The van der Waals surface area contributed by atoms with Crippen LogP contribution in [0.15, 0.2) is 12.2 Å². The number of methoxy groups -OCH3 is 1. The molecule has 4 heteroatoms. The van der Waals surface area contributed by atoms with Gasteiger partial charge in [0.25, 0.3) is 0 Å². The van der Waals surface area contributed by atoms with Crippen molar-refractivity contribution in [2.45, 2.75) is 37.8 Å². The van der Waals surface area contributed by atoms with Gasteiger partial charge in [0.1, 0.15) is 0 Å². The normalized spacial score (nSPS) is 30.2. The van der Waals surface area contributed by atoms with E-state index in [2.05, 4.69) is 17.1 Å². The fraction of sp³-hybridized carbons (Fsp3) is 0.769. The number of nitrogens with zero attached hydrogens (tertiary/aromatic N) is 1. The first-order chi connectivity index (χ1) is 8.31. The van der Waals surface area contributed by atoms with Crippen LogP contribution < -0.4 is 0 Å². The minimum absolute atomic E-state index is 0.0812. The van der Waals surface area contributed by atoms with Crippen LogP contribution in [0.5, 0.6) is 0 Å². The summed E-state index contributed by atoms with van der Waals surface area (Å²) >= 11 is 1.95. The quantitative estimate of drug-likeness (QED) is 0.570. The van der Waals surface area contributed by atoms with Crippen LogP contribution in [-0.2, 0) is 9.53 Å². The van der Waals surface area contributed by atoms with Crippen LogP contribution in [0.4, 0.5) is 0 Å². The lowest BCUT2D eigenvalue weighted by Gasteiger charge is -2.40. The van der Waals surface area contributed by atoms with Gasteiger partial charge in [-0.15, -0.1) is 0 Å². The Morgan fingerprint density at radius 3 is 3.18 bits per heavy atom. The molecule has 0 amide bonds. The van der Waals surface area contributed by atoms with Crippen molar-refractivity contribution in [3.05, 3.63) is 12.2 Å². The van der Waals surface area contributed by atoms with Crippen molar-refractivity contribution in [2.75, 3.05) is 25.2 Å². The Kier molecular flexibility index (Phi) is 4.92. The van der Waals surface area contributed by atoms with E-state index in [0.29, 0.717) is 18.5 Å². The number of hydrogen-bond donors (Lipinski definition) is 0. The molecule has 2 rings (SSSR count). The summed E-state index contributed by atoms with van der Waals surface area (Å²) in [5.41, 5.74) is 0. The molecule has 1 aliphatic carbocycles. The lowest BCUT2D eigenvalue weighted by molar-refractivity contribution is -0.142. The summed E-state index contributed by atoms with van der Waals surface area (Å²) in [4.78, 5) is 13.9. The zero-order chi connectivity index (χ0) is 12.1. The molecule has 2 atom stereocenters. The molecule has 2 unspecified atom stereocenters. The Labute approximate surface area is 108 Å². The molecule has 1 saturated heterocycles. The van der Waals surface area contributed by atoms with E-state index in [9.17, 15) is 4.79 Å². The minimum Gasteiger partial charge on any atom is -0.469 e. The third-order valence-electron chi connectivity index (χ3n) is 3.56. The van der Waals surface area contributed by atoms with E-state index in [1.54, 1.807) is 0 Å². The summed E-state index contributed by atoms with van der Waals surface area (Å²) in [5.74, 6) is 2.16. The van der Waals surface area contributed by atoms with Gasteiger partial charge in [0, 0.05) is 30.1 Å². The maximum atomic E-state index is 11.4. The van der Waals surface area contributed by atoms with Crippen molar-refractivity contribution in [3.63, 3.8) is 0 Å². The highest BCUT2D eigenvalue weighted by molar-refractivity contribution is 7.99. The molecule has 0 aromatic heterocycles. The molecule has 0 saturated carbocycles. The van der Waals surface area contributed by atoms with Gasteiger partial charge in [-0.25, -0.2) is 0 Å². The molecule has 0 aromatic carbocycles. The van der Waals surface area contributed by atoms with Crippen LogP contribution in [0.2, 0.25) is 0 Å². The monoisotopic (exact) mass is 255 g/mol. The number of carbonyl (C=O) groups is 1. The van der Waals surface area contributed by atoms with Crippen molar-refractivity contribution in [1.82, 2.24) is 4.90 Å². The van der Waals surface area contributed by atoms with Crippen molar-refractivity contribution in [3.8, 4) is 0 Å². The molecule has 0 N–H and O–H groups in total. The Morgan fingerprint density at radius 1 is 1.59 bits per heavy atom. The van der Waals surface area contributed by atoms with Crippen molar-refractivity contribution in [1.29, 1.82) is 0 Å². The predicted octanol–water partition coefficient (Wildman–Crippen LogP) is 2.08. The average Bonchev–Trinajstić information content (AvgIpc) is 2.40. The molecular formula is C13H21NO2S. The summed E-state index contributed by atoms with van der Waals surface area (Å²) in [6, 6.07) is 0.897. The number of allylic oxidation sites excluding steroid dienone is 1. The van der Waals surface area contributed by atoms with Crippen molar-refractivity contribution in [2.24, 2.45) is 0 Å². The highest BCUT2D eigenvalue weighted by atomic mass is 32.2. The fourth-order valence-corrected chi connectivity index (χ4v) is 3.71. The Bertz CT molecular complexity index is 293. The second-order valence-electron chi connectivity index (χ2n) is 4.67. The maximum absolute atomic E-state index is 11.4. The highest BCUT2D eigenvalue weighted by Crippen LogP contribution is 2.26. The molecule has 0 spiro atoms. The van der Waals surface area contributed by atoms with Gasteiger partial charge in [-0.3, -0.25) is 9.69 Å². The van der Waals surface area contributed by atoms with Gasteiger partial charge in [0.05, 0.1) is 13.5 Å². The molecular weight excluding hydrogens is 234 g/mol. The van der Waals surface area contributed by atoms with E-state index in [4.69, 9.17) is 4.74 Å². The predicted molar refractivity (Wildman–Crippen MR) is 71.2 cm³/mol. The Morgan fingerprint density at radius 2 is 2.47 bits per heavy atom. The smallest absolute Gasteiger partial charge is 0.307 e. The molecule has 0 radical (unpaired) electrons. The van der Waals surface area contributed by atoms with Gasteiger partial charge >= 0.3 is 5.97 Å². The number of carbonyl (C=O) groups excluding carboxylic acids is 1. The van der Waals surface area contributed by atoms with Gasteiger partial charge in [-0.2, -0.15) is 11.8 Å². The number of esters is 1. The van der Waals surface area contributed by atoms with E-state index >= 15 is 0 Å². The Balaban J connectivity index is 1.98. The van der Waals surface area contributed by atoms with Crippen molar-refractivity contribution < 1.29 is 9.53 Å². The zero-order valence-electron chi connectivity index (χ0n) is 10.4. The summed E-state index contributed by atoms with van der Waals surface area (Å²) in [6.07, 6.45) is 8.86. The molecule has 17 heavy (non-hydrogen) atoms. The second kappa shape index (κ2) is 6.45. The van der Waals surface area contributed by atoms with Gasteiger partial charge in [-0.1, -0.05) is 12.2 Å². The first kappa shape index (κ1) is 13.0. The van der Waals surface area contributed by atoms with Crippen molar-refractivity contribution >= 4 is 17.7 Å². The van der Waals surface area contributed by atoms with Crippen LogP contribution in [0.1, 0.15) is 25.7 Å². The highest BCUT2D eigenvalue weighted by Gasteiger charge is 2.30. The third kappa shape index (κ3) is 3.49. The standard InChI is InChI=1S/C13H21NO2S/c1-16-13(15)9-12-10-17-8-7-14(12)11-5-3-2-4-6-11/h3,5,11-12H,2,4,6-10H2,1H3. The summed E-state index contributed by atoms with van der Waals surface area (Å²) < 4.78 is 4.80. The molecule has 1 fully saturated rings. The molecule has 3 nitrogen and oxygen atoms in total. The largest absolute Gasteiger partial charge is 0.469 e. The SMILES string of the molecule is COC(=O)CC1CSCCN1C1C=CCCC1. The second-order valence-corrected chi connectivity index (χ2v) is 5.82. The van der Waals surface area contributed by atoms with Crippen LogP contribution in [0.25, 0.3) is 0 Å². The van der Waals surface area contributed by atoms with Crippen LogP contribution >= 0.6 is 11.8 Å². The topological polar surface area (TPSA) is 29.5 Å². The summed E-state index contributed by atoms with van der Waals surface area (Å²) in [5, 5.41) is 0.